The largest absolute Gasteiger partial charge is 0.378 e. The summed E-state index contributed by atoms with van der Waals surface area (Å²) in [6.07, 6.45) is 7.18. The van der Waals surface area contributed by atoms with Crippen LogP contribution in [-0.4, -0.2) is 45.4 Å². The molecule has 1 spiro atoms. The molecule has 6 nitrogen and oxygen atoms in total. The van der Waals surface area contributed by atoms with Crippen LogP contribution in [-0.2, 0) is 4.74 Å². The van der Waals surface area contributed by atoms with Crippen molar-refractivity contribution in [2.75, 3.05) is 24.6 Å². The summed E-state index contributed by atoms with van der Waals surface area (Å²) in [5, 5.41) is 5.51. The molecule has 0 amide bonds. The minimum absolute atomic E-state index is 0.330. The fraction of sp³-hybridized carbons (Fsp3) is 0.450. The zero-order chi connectivity index (χ0) is 20.0. The van der Waals surface area contributed by atoms with Crippen molar-refractivity contribution in [3.63, 3.8) is 0 Å². The third-order valence-electron chi connectivity index (χ3n) is 5.89. The van der Waals surface area contributed by atoms with Gasteiger partial charge >= 0.3 is 0 Å². The Hall–Kier alpha value is -1.54. The molecular formula is C20H21Cl2N5OS. The van der Waals surface area contributed by atoms with E-state index in [0.29, 0.717) is 21.6 Å². The quantitative estimate of drug-likeness (QED) is 0.561. The molecule has 4 heterocycles. The Morgan fingerprint density at radius 3 is 2.76 bits per heavy atom. The molecule has 2 aromatic heterocycles. The predicted molar refractivity (Wildman–Crippen MR) is 115 cm³/mol. The van der Waals surface area contributed by atoms with Crippen molar-refractivity contribution >= 4 is 46.6 Å². The van der Waals surface area contributed by atoms with E-state index in [1.165, 1.54) is 11.8 Å². The maximum Gasteiger partial charge on any atom is 0.228 e. The monoisotopic (exact) mass is 449 g/mol. The third kappa shape index (κ3) is 3.58. The molecule has 9 heteroatoms. The lowest BCUT2D eigenvalue weighted by atomic mass is 9.77. The van der Waals surface area contributed by atoms with E-state index in [9.17, 15) is 0 Å². The average Bonchev–Trinajstić information content (AvgIpc) is 3.34. The van der Waals surface area contributed by atoms with Crippen LogP contribution >= 0.6 is 35.0 Å². The first-order valence-corrected chi connectivity index (χ1v) is 11.3. The molecule has 2 fully saturated rings. The SMILES string of the molecule is CC1CC2(CCN(c3ncc(Sc4cccc(Cl)c4Cl)c4ncnn34)CC2)CO1. The first-order chi connectivity index (χ1) is 14.0. The molecule has 0 radical (unpaired) electrons. The molecule has 152 valence electrons. The molecule has 1 unspecified atom stereocenters. The van der Waals surface area contributed by atoms with Gasteiger partial charge in [-0.25, -0.2) is 9.97 Å². The highest BCUT2D eigenvalue weighted by Gasteiger charge is 2.41. The van der Waals surface area contributed by atoms with Crippen LogP contribution in [0.5, 0.6) is 0 Å². The topological polar surface area (TPSA) is 55.6 Å². The van der Waals surface area contributed by atoms with Gasteiger partial charge in [0.05, 0.1) is 27.7 Å². The molecule has 29 heavy (non-hydrogen) atoms. The van der Waals surface area contributed by atoms with Gasteiger partial charge in [0.2, 0.25) is 5.95 Å². The van der Waals surface area contributed by atoms with Crippen LogP contribution in [0.1, 0.15) is 26.2 Å². The van der Waals surface area contributed by atoms with Gasteiger partial charge in [0.15, 0.2) is 5.65 Å². The minimum atomic E-state index is 0.330. The lowest BCUT2D eigenvalue weighted by Gasteiger charge is -2.38. The number of anilines is 1. The Morgan fingerprint density at radius 1 is 1.17 bits per heavy atom. The van der Waals surface area contributed by atoms with Crippen molar-refractivity contribution in [1.29, 1.82) is 0 Å². The number of rotatable bonds is 3. The number of hydrogen-bond donors (Lipinski definition) is 0. The summed E-state index contributed by atoms with van der Waals surface area (Å²) >= 11 is 14.0. The van der Waals surface area contributed by atoms with Crippen LogP contribution in [0.2, 0.25) is 10.0 Å². The summed E-state index contributed by atoms with van der Waals surface area (Å²) in [5.41, 5.74) is 1.10. The van der Waals surface area contributed by atoms with Crippen LogP contribution in [0.4, 0.5) is 5.95 Å². The third-order valence-corrected chi connectivity index (χ3v) is 7.89. The van der Waals surface area contributed by atoms with E-state index >= 15 is 0 Å². The summed E-state index contributed by atoms with van der Waals surface area (Å²) in [5.74, 6) is 0.834. The Morgan fingerprint density at radius 2 is 2.00 bits per heavy atom. The number of hydrogen-bond acceptors (Lipinski definition) is 6. The van der Waals surface area contributed by atoms with Crippen LogP contribution < -0.4 is 4.90 Å². The molecule has 0 N–H and O–H groups in total. The second kappa shape index (κ2) is 7.61. The molecule has 0 aliphatic carbocycles. The van der Waals surface area contributed by atoms with E-state index in [2.05, 4.69) is 21.9 Å². The van der Waals surface area contributed by atoms with E-state index in [4.69, 9.17) is 32.9 Å². The van der Waals surface area contributed by atoms with Crippen LogP contribution in [0, 0.1) is 5.41 Å². The van der Waals surface area contributed by atoms with Crippen molar-refractivity contribution in [3.05, 3.63) is 40.8 Å². The summed E-state index contributed by atoms with van der Waals surface area (Å²) in [6, 6.07) is 5.60. The Bertz CT molecular complexity index is 1050. The van der Waals surface area contributed by atoms with Crippen LogP contribution in [0.15, 0.2) is 40.5 Å². The van der Waals surface area contributed by atoms with Gasteiger partial charge in [0.1, 0.15) is 6.33 Å². The number of fused-ring (bicyclic) bond motifs is 1. The Kier molecular flexibility index (Phi) is 5.10. The van der Waals surface area contributed by atoms with Crippen molar-refractivity contribution < 1.29 is 4.74 Å². The first-order valence-electron chi connectivity index (χ1n) is 9.72. The van der Waals surface area contributed by atoms with Gasteiger partial charge in [-0.3, -0.25) is 0 Å². The fourth-order valence-corrected chi connectivity index (χ4v) is 5.72. The lowest BCUT2D eigenvalue weighted by molar-refractivity contribution is 0.0975. The van der Waals surface area contributed by atoms with Gasteiger partial charge in [-0.1, -0.05) is 41.0 Å². The Labute approximate surface area is 183 Å². The summed E-state index contributed by atoms with van der Waals surface area (Å²) in [6.45, 7) is 4.95. The van der Waals surface area contributed by atoms with Crippen molar-refractivity contribution in [1.82, 2.24) is 19.6 Å². The van der Waals surface area contributed by atoms with Gasteiger partial charge in [-0.15, -0.1) is 0 Å². The average molecular weight is 450 g/mol. The van der Waals surface area contributed by atoms with E-state index < -0.39 is 0 Å². The number of nitrogens with zero attached hydrogens (tertiary/aromatic N) is 5. The molecule has 0 bridgehead atoms. The molecule has 2 aliphatic rings. The maximum atomic E-state index is 6.36. The number of aromatic nitrogens is 4. The summed E-state index contributed by atoms with van der Waals surface area (Å²) in [7, 11) is 0. The zero-order valence-electron chi connectivity index (χ0n) is 16.0. The van der Waals surface area contributed by atoms with Gasteiger partial charge in [-0.2, -0.15) is 9.61 Å². The summed E-state index contributed by atoms with van der Waals surface area (Å²) in [4.78, 5) is 13.3. The number of benzene rings is 1. The molecular weight excluding hydrogens is 429 g/mol. The van der Waals surface area contributed by atoms with E-state index in [1.807, 2.05) is 22.8 Å². The minimum Gasteiger partial charge on any atom is -0.378 e. The van der Waals surface area contributed by atoms with Gasteiger partial charge in [-0.05, 0) is 43.7 Å². The van der Waals surface area contributed by atoms with Crippen molar-refractivity contribution in [2.24, 2.45) is 5.41 Å². The normalized spacial score (nSPS) is 21.3. The number of piperidine rings is 1. The molecule has 2 saturated heterocycles. The standard InChI is InChI=1S/C20H21Cl2N5OS/c1-13-9-20(11-28-13)5-7-26(8-6-20)19-23-10-16(18-24-12-25-27(18)19)29-15-4-2-3-14(21)17(15)22/h2-4,10,12-13H,5-9,11H2,1H3. The van der Waals surface area contributed by atoms with E-state index in [0.717, 1.165) is 60.3 Å². The molecule has 3 aromatic rings. The molecule has 1 atom stereocenters. The number of halogens is 2. The highest BCUT2D eigenvalue weighted by atomic mass is 35.5. The molecule has 2 aliphatic heterocycles. The van der Waals surface area contributed by atoms with E-state index in [1.54, 1.807) is 12.4 Å². The van der Waals surface area contributed by atoms with Gasteiger partial charge in [0, 0.05) is 24.2 Å². The predicted octanol–water partition coefficient (Wildman–Crippen LogP) is 4.98. The smallest absolute Gasteiger partial charge is 0.228 e. The first kappa shape index (κ1) is 19.4. The lowest BCUT2D eigenvalue weighted by Crippen LogP contribution is -2.41. The molecule has 0 saturated carbocycles. The second-order valence-corrected chi connectivity index (χ2v) is 9.75. The van der Waals surface area contributed by atoms with Crippen LogP contribution in [0.25, 0.3) is 5.65 Å². The number of ether oxygens (including phenoxy) is 1. The maximum absolute atomic E-state index is 6.36. The fourth-order valence-electron chi connectivity index (χ4n) is 4.33. The second-order valence-electron chi connectivity index (χ2n) is 7.88. The highest BCUT2D eigenvalue weighted by Crippen LogP contribution is 2.43. The van der Waals surface area contributed by atoms with Gasteiger partial charge in [0.25, 0.3) is 0 Å². The van der Waals surface area contributed by atoms with Crippen LogP contribution in [0.3, 0.4) is 0 Å². The zero-order valence-corrected chi connectivity index (χ0v) is 18.3. The van der Waals surface area contributed by atoms with Gasteiger partial charge < -0.3 is 9.64 Å². The van der Waals surface area contributed by atoms with Crippen molar-refractivity contribution in [3.8, 4) is 0 Å². The Balaban J connectivity index is 1.40. The highest BCUT2D eigenvalue weighted by molar-refractivity contribution is 7.99. The van der Waals surface area contributed by atoms with E-state index in [-0.39, 0.29) is 0 Å². The summed E-state index contributed by atoms with van der Waals surface area (Å²) < 4.78 is 7.68. The molecule has 1 aromatic carbocycles. The van der Waals surface area contributed by atoms with Crippen molar-refractivity contribution in [2.45, 2.75) is 42.1 Å². The molecule has 5 rings (SSSR count).